The van der Waals surface area contributed by atoms with Crippen LogP contribution >= 0.6 is 0 Å². The minimum atomic E-state index is -2.56. The van der Waals surface area contributed by atoms with Crippen molar-refractivity contribution in [3.05, 3.63) is 29.8 Å². The van der Waals surface area contributed by atoms with E-state index < -0.39 is 8.80 Å². The fraction of sp³-hybridized carbons (Fsp3) is 0.750. The third kappa shape index (κ3) is 8.04. The van der Waals surface area contributed by atoms with Gasteiger partial charge in [0.15, 0.2) is 0 Å². The van der Waals surface area contributed by atoms with Crippen molar-refractivity contribution in [2.75, 3.05) is 26.4 Å². The summed E-state index contributed by atoms with van der Waals surface area (Å²) in [6, 6.07) is 9.58. The topological polar surface area (TPSA) is 36.9 Å². The first kappa shape index (κ1) is 24.4. The molecular formula is C24H42O4Si. The van der Waals surface area contributed by atoms with Crippen LogP contribution in [0.1, 0.15) is 84.1 Å². The monoisotopic (exact) mass is 422 g/mol. The molecule has 1 aromatic carbocycles. The Morgan fingerprint density at radius 2 is 1.41 bits per heavy atom. The molecule has 0 atom stereocenters. The van der Waals surface area contributed by atoms with Crippen LogP contribution in [0.4, 0.5) is 0 Å². The summed E-state index contributed by atoms with van der Waals surface area (Å²) in [4.78, 5) is 0. The summed E-state index contributed by atoms with van der Waals surface area (Å²) in [6.45, 7) is 10.8. The molecule has 1 aliphatic carbocycles. The van der Waals surface area contributed by atoms with Gasteiger partial charge in [-0.2, -0.15) is 0 Å². The molecule has 0 radical (unpaired) electrons. The van der Waals surface area contributed by atoms with Gasteiger partial charge >= 0.3 is 8.80 Å². The normalized spacial score (nSPS) is 20.0. The first-order valence-electron chi connectivity index (χ1n) is 11.8. The molecule has 2 rings (SSSR count). The number of ether oxygens (including phenoxy) is 1. The Kier molecular flexibility index (Phi) is 11.3. The van der Waals surface area contributed by atoms with Gasteiger partial charge in [0.1, 0.15) is 5.75 Å². The molecule has 0 N–H and O–H groups in total. The van der Waals surface area contributed by atoms with Gasteiger partial charge in [0, 0.05) is 25.9 Å². The largest absolute Gasteiger partial charge is 0.501 e. The standard InChI is InChI=1S/C24H42O4Si/c1-5-10-21-11-13-22(14-12-21)23-15-17-24(18-16-23)25-19-9-20-29(26-6-2,27-7-3)28-8-4/h15-18,21-22H,5-14,19-20H2,1-4H3. The molecule has 29 heavy (non-hydrogen) atoms. The number of rotatable bonds is 14. The van der Waals surface area contributed by atoms with Gasteiger partial charge in [-0.3, -0.25) is 0 Å². The summed E-state index contributed by atoms with van der Waals surface area (Å²) in [5.41, 5.74) is 1.47. The van der Waals surface area contributed by atoms with Crippen molar-refractivity contribution >= 4 is 8.80 Å². The van der Waals surface area contributed by atoms with E-state index in [4.69, 9.17) is 18.0 Å². The van der Waals surface area contributed by atoms with E-state index in [1.165, 1.54) is 44.1 Å². The van der Waals surface area contributed by atoms with Gasteiger partial charge in [-0.1, -0.05) is 31.9 Å². The van der Waals surface area contributed by atoms with Crippen LogP contribution in [0.5, 0.6) is 5.75 Å². The highest BCUT2D eigenvalue weighted by molar-refractivity contribution is 6.60. The molecule has 0 amide bonds. The first-order chi connectivity index (χ1) is 14.2. The molecule has 1 saturated carbocycles. The zero-order chi connectivity index (χ0) is 21.0. The number of benzene rings is 1. The smallest absolute Gasteiger partial charge is 0.494 e. The van der Waals surface area contributed by atoms with Crippen LogP contribution in [-0.2, 0) is 13.3 Å². The number of hydrogen-bond acceptors (Lipinski definition) is 4. The Hall–Kier alpha value is -0.883. The highest BCUT2D eigenvalue weighted by Gasteiger charge is 2.39. The lowest BCUT2D eigenvalue weighted by Crippen LogP contribution is -2.46. The maximum Gasteiger partial charge on any atom is 0.501 e. The first-order valence-corrected chi connectivity index (χ1v) is 13.7. The van der Waals surface area contributed by atoms with Crippen molar-refractivity contribution in [3.8, 4) is 5.75 Å². The molecule has 0 aromatic heterocycles. The molecule has 1 aromatic rings. The second-order valence-electron chi connectivity index (χ2n) is 8.01. The molecule has 4 nitrogen and oxygen atoms in total. The maximum absolute atomic E-state index is 5.98. The van der Waals surface area contributed by atoms with Crippen molar-refractivity contribution in [1.29, 1.82) is 0 Å². The van der Waals surface area contributed by atoms with Crippen LogP contribution in [0, 0.1) is 5.92 Å². The van der Waals surface area contributed by atoms with Gasteiger partial charge in [0.2, 0.25) is 0 Å². The molecule has 5 heteroatoms. The van der Waals surface area contributed by atoms with E-state index in [0.29, 0.717) is 26.4 Å². The van der Waals surface area contributed by atoms with Crippen molar-refractivity contribution in [2.45, 2.75) is 84.6 Å². The van der Waals surface area contributed by atoms with Crippen LogP contribution in [0.15, 0.2) is 24.3 Å². The van der Waals surface area contributed by atoms with Gasteiger partial charge in [-0.25, -0.2) is 0 Å². The minimum absolute atomic E-state index is 0.620. The van der Waals surface area contributed by atoms with E-state index in [9.17, 15) is 0 Å². The van der Waals surface area contributed by atoms with Crippen molar-refractivity contribution in [3.63, 3.8) is 0 Å². The molecule has 0 spiro atoms. The average molecular weight is 423 g/mol. The van der Waals surface area contributed by atoms with E-state index >= 15 is 0 Å². The van der Waals surface area contributed by atoms with Gasteiger partial charge in [0.25, 0.3) is 0 Å². The Bertz CT molecular complexity index is 523. The van der Waals surface area contributed by atoms with Crippen LogP contribution in [0.3, 0.4) is 0 Å². The molecule has 0 unspecified atom stereocenters. The lowest BCUT2D eigenvalue weighted by atomic mass is 9.77. The molecule has 1 fully saturated rings. The SMILES string of the molecule is CCCC1CCC(c2ccc(OCCC[Si](OCC)(OCC)OCC)cc2)CC1. The number of hydrogen-bond donors (Lipinski definition) is 0. The van der Waals surface area contributed by atoms with E-state index in [1.54, 1.807) is 0 Å². The quantitative estimate of drug-likeness (QED) is 0.251. The summed E-state index contributed by atoms with van der Waals surface area (Å²) in [5, 5.41) is 0. The highest BCUT2D eigenvalue weighted by atomic mass is 28.4. The lowest BCUT2D eigenvalue weighted by molar-refractivity contribution is 0.0696. The fourth-order valence-electron chi connectivity index (χ4n) is 4.51. The van der Waals surface area contributed by atoms with Crippen LogP contribution in [0.25, 0.3) is 0 Å². The Morgan fingerprint density at radius 3 is 1.93 bits per heavy atom. The minimum Gasteiger partial charge on any atom is -0.494 e. The summed E-state index contributed by atoms with van der Waals surface area (Å²) >= 11 is 0. The van der Waals surface area contributed by atoms with Gasteiger partial charge in [-0.05, 0) is 82.4 Å². The van der Waals surface area contributed by atoms with Crippen LogP contribution in [-0.4, -0.2) is 35.2 Å². The molecular weight excluding hydrogens is 380 g/mol. The molecule has 0 saturated heterocycles. The Balaban J connectivity index is 1.77. The summed E-state index contributed by atoms with van der Waals surface area (Å²) in [7, 11) is -2.56. The van der Waals surface area contributed by atoms with E-state index in [-0.39, 0.29) is 0 Å². The average Bonchev–Trinajstić information content (AvgIpc) is 2.73. The van der Waals surface area contributed by atoms with Gasteiger partial charge in [0.05, 0.1) is 6.61 Å². The van der Waals surface area contributed by atoms with Crippen LogP contribution in [0.2, 0.25) is 6.04 Å². The van der Waals surface area contributed by atoms with Crippen molar-refractivity contribution in [2.24, 2.45) is 5.92 Å². The Morgan fingerprint density at radius 1 is 0.828 bits per heavy atom. The molecule has 166 valence electrons. The van der Waals surface area contributed by atoms with Crippen molar-refractivity contribution < 1.29 is 18.0 Å². The second-order valence-corrected chi connectivity index (χ2v) is 10.7. The summed E-state index contributed by atoms with van der Waals surface area (Å²) < 4.78 is 23.7. The van der Waals surface area contributed by atoms with Crippen molar-refractivity contribution in [1.82, 2.24) is 0 Å². The van der Waals surface area contributed by atoms with E-state index in [1.807, 2.05) is 20.8 Å². The third-order valence-electron chi connectivity index (χ3n) is 5.88. The molecule has 0 aliphatic heterocycles. The molecule has 0 bridgehead atoms. The zero-order valence-corrected chi connectivity index (χ0v) is 20.1. The maximum atomic E-state index is 5.98. The Labute approximate surface area is 179 Å². The zero-order valence-electron chi connectivity index (χ0n) is 19.1. The van der Waals surface area contributed by atoms with E-state index in [0.717, 1.165) is 30.1 Å². The third-order valence-corrected chi connectivity index (χ3v) is 9.04. The second kappa shape index (κ2) is 13.4. The summed E-state index contributed by atoms with van der Waals surface area (Å²) in [5.74, 6) is 2.64. The van der Waals surface area contributed by atoms with Gasteiger partial charge in [-0.15, -0.1) is 0 Å². The predicted molar refractivity (Wildman–Crippen MR) is 122 cm³/mol. The fourth-order valence-corrected chi connectivity index (χ4v) is 7.09. The van der Waals surface area contributed by atoms with Gasteiger partial charge < -0.3 is 18.0 Å². The lowest BCUT2D eigenvalue weighted by Gasteiger charge is -2.29. The van der Waals surface area contributed by atoms with Crippen LogP contribution < -0.4 is 4.74 Å². The van der Waals surface area contributed by atoms with E-state index in [2.05, 4.69) is 31.2 Å². The predicted octanol–water partition coefficient (Wildman–Crippen LogP) is 6.58. The molecule has 0 heterocycles. The summed E-state index contributed by atoms with van der Waals surface area (Å²) in [6.07, 6.45) is 9.05. The molecule has 1 aliphatic rings. The highest BCUT2D eigenvalue weighted by Crippen LogP contribution is 2.37.